The molecule has 27 heavy (non-hydrogen) atoms. The highest BCUT2D eigenvalue weighted by Gasteiger charge is 2.29. The van der Waals surface area contributed by atoms with Gasteiger partial charge in [0, 0.05) is 18.8 Å². The summed E-state index contributed by atoms with van der Waals surface area (Å²) in [4.78, 5) is 26.6. The first-order valence-corrected chi connectivity index (χ1v) is 10.4. The fourth-order valence-corrected chi connectivity index (χ4v) is 3.61. The standard InChI is InChI=1S/C18H21N3O5S/c1-27(24,25)20-15-7-2-6-14(11-15)19-17(22)13-5-3-9-21(12-13)18(23)16-8-4-10-26-16/h2,4,6-8,10-11,13,20H,3,5,9,12H2,1H3,(H,19,22)/t13-/m0/s1. The molecule has 1 aliphatic heterocycles. The van der Waals surface area contributed by atoms with E-state index in [1.54, 1.807) is 41.3 Å². The molecule has 1 aromatic carbocycles. The van der Waals surface area contributed by atoms with Gasteiger partial charge >= 0.3 is 0 Å². The SMILES string of the molecule is CS(=O)(=O)Nc1cccc(NC(=O)[C@H]2CCCN(C(=O)c3ccco3)C2)c1. The average molecular weight is 391 g/mol. The monoisotopic (exact) mass is 391 g/mol. The number of carbonyl (C=O) groups excluding carboxylic acids is 2. The minimum Gasteiger partial charge on any atom is -0.459 e. The minimum absolute atomic E-state index is 0.205. The summed E-state index contributed by atoms with van der Waals surface area (Å²) in [6, 6.07) is 9.73. The summed E-state index contributed by atoms with van der Waals surface area (Å²) in [6.45, 7) is 0.893. The van der Waals surface area contributed by atoms with Gasteiger partial charge in [0.2, 0.25) is 15.9 Å². The molecule has 3 rings (SSSR count). The molecule has 0 unspecified atom stereocenters. The third kappa shape index (κ3) is 5.10. The van der Waals surface area contributed by atoms with E-state index in [-0.39, 0.29) is 23.5 Å². The molecular formula is C18H21N3O5S. The van der Waals surface area contributed by atoms with Gasteiger partial charge in [-0.2, -0.15) is 0 Å². The van der Waals surface area contributed by atoms with Crippen LogP contribution in [0.4, 0.5) is 11.4 Å². The number of hydrogen-bond acceptors (Lipinski definition) is 5. The lowest BCUT2D eigenvalue weighted by molar-refractivity contribution is -0.121. The van der Waals surface area contributed by atoms with Gasteiger partial charge in [0.25, 0.3) is 5.91 Å². The molecule has 8 nitrogen and oxygen atoms in total. The molecule has 1 fully saturated rings. The van der Waals surface area contributed by atoms with E-state index < -0.39 is 10.0 Å². The van der Waals surface area contributed by atoms with Gasteiger partial charge in [-0.1, -0.05) is 6.07 Å². The van der Waals surface area contributed by atoms with Gasteiger partial charge in [-0.25, -0.2) is 8.42 Å². The second-order valence-electron chi connectivity index (χ2n) is 6.51. The maximum absolute atomic E-state index is 12.6. The molecule has 2 N–H and O–H groups in total. The molecule has 2 heterocycles. The lowest BCUT2D eigenvalue weighted by Gasteiger charge is -2.31. The van der Waals surface area contributed by atoms with Crippen LogP contribution in [0.1, 0.15) is 23.4 Å². The molecule has 0 aliphatic carbocycles. The molecule has 2 aromatic rings. The third-order valence-corrected chi connectivity index (χ3v) is 4.85. The van der Waals surface area contributed by atoms with Gasteiger partial charge in [0.15, 0.2) is 5.76 Å². The summed E-state index contributed by atoms with van der Waals surface area (Å²) >= 11 is 0. The Morgan fingerprint density at radius 3 is 2.67 bits per heavy atom. The number of hydrogen-bond donors (Lipinski definition) is 2. The van der Waals surface area contributed by atoms with Crippen LogP contribution in [0.25, 0.3) is 0 Å². The summed E-state index contributed by atoms with van der Waals surface area (Å²) in [6.07, 6.45) is 3.90. The summed E-state index contributed by atoms with van der Waals surface area (Å²) in [5.41, 5.74) is 0.858. The predicted molar refractivity (Wildman–Crippen MR) is 101 cm³/mol. The first-order valence-electron chi connectivity index (χ1n) is 8.53. The van der Waals surface area contributed by atoms with E-state index in [1.165, 1.54) is 6.26 Å². The van der Waals surface area contributed by atoms with Crippen LogP contribution in [0.2, 0.25) is 0 Å². The molecule has 1 aliphatic rings. The third-order valence-electron chi connectivity index (χ3n) is 4.24. The van der Waals surface area contributed by atoms with E-state index in [2.05, 4.69) is 10.0 Å². The highest BCUT2D eigenvalue weighted by atomic mass is 32.2. The van der Waals surface area contributed by atoms with Crippen LogP contribution in [-0.4, -0.2) is 44.5 Å². The van der Waals surface area contributed by atoms with Crippen LogP contribution in [-0.2, 0) is 14.8 Å². The Hall–Kier alpha value is -2.81. The normalized spacial score (nSPS) is 17.4. The molecule has 144 valence electrons. The highest BCUT2D eigenvalue weighted by Crippen LogP contribution is 2.22. The Bertz CT molecular complexity index is 924. The average Bonchev–Trinajstić information content (AvgIpc) is 3.14. The van der Waals surface area contributed by atoms with E-state index in [0.717, 1.165) is 12.7 Å². The molecule has 1 saturated heterocycles. The number of likely N-dealkylation sites (tertiary alicyclic amines) is 1. The van der Waals surface area contributed by atoms with Crippen molar-refractivity contribution in [3.8, 4) is 0 Å². The molecule has 2 amide bonds. The lowest BCUT2D eigenvalue weighted by Crippen LogP contribution is -2.43. The summed E-state index contributed by atoms with van der Waals surface area (Å²) in [5, 5.41) is 2.80. The van der Waals surface area contributed by atoms with E-state index in [9.17, 15) is 18.0 Å². The minimum atomic E-state index is -3.40. The number of nitrogens with one attached hydrogen (secondary N) is 2. The van der Waals surface area contributed by atoms with Crippen LogP contribution in [0.3, 0.4) is 0 Å². The number of sulfonamides is 1. The van der Waals surface area contributed by atoms with E-state index >= 15 is 0 Å². The Labute approximate surface area is 157 Å². The molecule has 0 spiro atoms. The first-order chi connectivity index (χ1) is 12.8. The zero-order valence-electron chi connectivity index (χ0n) is 14.8. The second kappa shape index (κ2) is 7.83. The number of furan rings is 1. The maximum atomic E-state index is 12.6. The zero-order valence-corrected chi connectivity index (χ0v) is 15.7. The summed E-state index contributed by atoms with van der Waals surface area (Å²) < 4.78 is 30.2. The number of benzene rings is 1. The molecule has 0 bridgehead atoms. The number of carbonyl (C=O) groups is 2. The van der Waals surface area contributed by atoms with Gasteiger partial charge in [-0.05, 0) is 43.2 Å². The smallest absolute Gasteiger partial charge is 0.289 e. The Morgan fingerprint density at radius 1 is 1.19 bits per heavy atom. The van der Waals surface area contributed by atoms with Gasteiger partial charge in [0.05, 0.1) is 24.1 Å². The van der Waals surface area contributed by atoms with Crippen molar-refractivity contribution in [3.63, 3.8) is 0 Å². The van der Waals surface area contributed by atoms with Gasteiger partial charge in [-0.15, -0.1) is 0 Å². The van der Waals surface area contributed by atoms with Crippen molar-refractivity contribution in [2.75, 3.05) is 29.4 Å². The molecule has 0 radical (unpaired) electrons. The van der Waals surface area contributed by atoms with Crippen LogP contribution >= 0.6 is 0 Å². The molecule has 1 aromatic heterocycles. The number of amides is 2. The molecular weight excluding hydrogens is 370 g/mol. The zero-order chi connectivity index (χ0) is 19.4. The fourth-order valence-electron chi connectivity index (χ4n) is 3.05. The second-order valence-corrected chi connectivity index (χ2v) is 8.26. The van der Waals surface area contributed by atoms with Crippen molar-refractivity contribution in [2.24, 2.45) is 5.92 Å². The van der Waals surface area contributed by atoms with Crippen molar-refractivity contribution in [1.29, 1.82) is 0 Å². The van der Waals surface area contributed by atoms with Crippen molar-refractivity contribution in [1.82, 2.24) is 4.90 Å². The van der Waals surface area contributed by atoms with Crippen molar-refractivity contribution >= 4 is 33.2 Å². The quantitative estimate of drug-likeness (QED) is 0.812. The fraction of sp³-hybridized carbons (Fsp3) is 0.333. The topological polar surface area (TPSA) is 109 Å². The summed E-state index contributed by atoms with van der Waals surface area (Å²) in [7, 11) is -3.40. The number of rotatable bonds is 5. The van der Waals surface area contributed by atoms with Crippen molar-refractivity contribution in [3.05, 3.63) is 48.4 Å². The van der Waals surface area contributed by atoms with Crippen LogP contribution in [0.5, 0.6) is 0 Å². The van der Waals surface area contributed by atoms with Crippen molar-refractivity contribution < 1.29 is 22.4 Å². The number of anilines is 2. The van der Waals surface area contributed by atoms with E-state index in [0.29, 0.717) is 30.9 Å². The predicted octanol–water partition coefficient (Wildman–Crippen LogP) is 2.14. The Balaban J connectivity index is 1.64. The maximum Gasteiger partial charge on any atom is 0.289 e. The molecule has 1 atom stereocenters. The van der Waals surface area contributed by atoms with Crippen LogP contribution < -0.4 is 10.0 Å². The largest absolute Gasteiger partial charge is 0.459 e. The Kier molecular flexibility index (Phi) is 5.50. The number of nitrogens with zero attached hydrogens (tertiary/aromatic N) is 1. The van der Waals surface area contributed by atoms with Crippen LogP contribution in [0, 0.1) is 5.92 Å². The first kappa shape index (κ1) is 19.0. The molecule has 9 heteroatoms. The van der Waals surface area contributed by atoms with Gasteiger partial charge in [0.1, 0.15) is 0 Å². The van der Waals surface area contributed by atoms with Crippen molar-refractivity contribution in [2.45, 2.75) is 12.8 Å². The van der Waals surface area contributed by atoms with E-state index in [1.807, 2.05) is 0 Å². The summed E-state index contributed by atoms with van der Waals surface area (Å²) in [5.74, 6) is -0.514. The van der Waals surface area contributed by atoms with Gasteiger partial charge < -0.3 is 14.6 Å². The lowest BCUT2D eigenvalue weighted by atomic mass is 9.96. The van der Waals surface area contributed by atoms with Gasteiger partial charge in [-0.3, -0.25) is 14.3 Å². The van der Waals surface area contributed by atoms with E-state index in [4.69, 9.17) is 4.42 Å². The highest BCUT2D eigenvalue weighted by molar-refractivity contribution is 7.92. The molecule has 0 saturated carbocycles. The number of piperidine rings is 1. The van der Waals surface area contributed by atoms with Crippen LogP contribution in [0.15, 0.2) is 47.1 Å². The Morgan fingerprint density at radius 2 is 1.96 bits per heavy atom.